The van der Waals surface area contributed by atoms with Crippen LogP contribution >= 0.6 is 11.6 Å². The summed E-state index contributed by atoms with van der Waals surface area (Å²) in [5.41, 5.74) is 0.994. The maximum Gasteiger partial charge on any atom is 0.416 e. The molecule has 1 heterocycles. The minimum absolute atomic E-state index is 0.00362. The van der Waals surface area contributed by atoms with Crippen LogP contribution in [-0.2, 0) is 22.2 Å². The van der Waals surface area contributed by atoms with E-state index in [4.69, 9.17) is 11.6 Å². The van der Waals surface area contributed by atoms with E-state index < -0.39 is 29.5 Å². The molecule has 0 aromatic heterocycles. The van der Waals surface area contributed by atoms with Gasteiger partial charge in [0, 0.05) is 16.9 Å². The van der Waals surface area contributed by atoms with Crippen LogP contribution in [0.3, 0.4) is 0 Å². The Kier molecular flexibility index (Phi) is 6.85. The molecular formula is C26H19ClF3N3O3. The fourth-order valence-electron chi connectivity index (χ4n) is 3.55. The van der Waals surface area contributed by atoms with Gasteiger partial charge in [-0.2, -0.15) is 13.2 Å². The molecule has 0 aliphatic carbocycles. The molecular weight excluding hydrogens is 495 g/mol. The zero-order chi connectivity index (χ0) is 26.0. The number of alkyl halides is 3. The molecule has 0 fully saturated rings. The van der Waals surface area contributed by atoms with Gasteiger partial charge in [-0.15, -0.1) is 0 Å². The molecule has 0 radical (unpaired) electrons. The summed E-state index contributed by atoms with van der Waals surface area (Å²) in [5.74, 6) is -1.90. The number of anilines is 3. The van der Waals surface area contributed by atoms with Crippen molar-refractivity contribution >= 4 is 46.4 Å². The average Bonchev–Trinajstić information content (AvgIpc) is 3.07. The van der Waals surface area contributed by atoms with Gasteiger partial charge in [-0.3, -0.25) is 14.4 Å². The Labute approximate surface area is 209 Å². The van der Waals surface area contributed by atoms with Crippen LogP contribution in [0.1, 0.15) is 28.4 Å². The number of amides is 3. The van der Waals surface area contributed by atoms with Gasteiger partial charge in [0.1, 0.15) is 10.7 Å². The summed E-state index contributed by atoms with van der Waals surface area (Å²) >= 11 is 6.15. The van der Waals surface area contributed by atoms with Crippen molar-refractivity contribution in [3.63, 3.8) is 0 Å². The third kappa shape index (κ3) is 5.11. The van der Waals surface area contributed by atoms with Crippen molar-refractivity contribution in [3.05, 3.63) is 100 Å². The average molecular weight is 514 g/mol. The second-order valence-electron chi connectivity index (χ2n) is 7.89. The molecule has 36 heavy (non-hydrogen) atoms. The number of nitrogens with zero attached hydrogens (tertiary/aromatic N) is 1. The predicted molar refractivity (Wildman–Crippen MR) is 131 cm³/mol. The number of hydrogen-bond acceptors (Lipinski definition) is 4. The highest BCUT2D eigenvalue weighted by Crippen LogP contribution is 2.32. The first kappa shape index (κ1) is 25.0. The van der Waals surface area contributed by atoms with Gasteiger partial charge in [0.25, 0.3) is 17.7 Å². The van der Waals surface area contributed by atoms with Gasteiger partial charge in [0.15, 0.2) is 0 Å². The molecule has 0 spiro atoms. The monoisotopic (exact) mass is 513 g/mol. The van der Waals surface area contributed by atoms with Crippen LogP contribution in [0.2, 0.25) is 0 Å². The highest BCUT2D eigenvalue weighted by Gasteiger charge is 2.39. The minimum atomic E-state index is -4.53. The molecule has 10 heteroatoms. The number of hydrogen-bond donors (Lipinski definition) is 2. The smallest absolute Gasteiger partial charge is 0.350 e. The Hall–Kier alpha value is -4.11. The molecule has 3 amide bonds. The van der Waals surface area contributed by atoms with Gasteiger partial charge in [-0.05, 0) is 66.6 Å². The lowest BCUT2D eigenvalue weighted by Gasteiger charge is -2.15. The van der Waals surface area contributed by atoms with E-state index in [0.717, 1.165) is 29.0 Å². The molecule has 0 bridgehead atoms. The first-order chi connectivity index (χ1) is 17.1. The molecule has 1 aliphatic rings. The summed E-state index contributed by atoms with van der Waals surface area (Å²) in [6, 6.07) is 17.1. The molecule has 0 saturated heterocycles. The van der Waals surface area contributed by atoms with Crippen molar-refractivity contribution in [2.24, 2.45) is 0 Å². The number of imide groups is 1. The topological polar surface area (TPSA) is 78.5 Å². The maximum atomic E-state index is 12.9. The van der Waals surface area contributed by atoms with Gasteiger partial charge in [0.2, 0.25) is 0 Å². The zero-order valence-corrected chi connectivity index (χ0v) is 19.6. The summed E-state index contributed by atoms with van der Waals surface area (Å²) < 4.78 is 38.7. The number of carbonyl (C=O) groups excluding carboxylic acids is 3. The lowest BCUT2D eigenvalue weighted by atomic mass is 10.1. The summed E-state index contributed by atoms with van der Waals surface area (Å²) in [6.07, 6.45) is -3.72. The van der Waals surface area contributed by atoms with Gasteiger partial charge in [-0.25, -0.2) is 4.90 Å². The van der Waals surface area contributed by atoms with E-state index in [9.17, 15) is 27.6 Å². The van der Waals surface area contributed by atoms with E-state index in [-0.39, 0.29) is 22.0 Å². The van der Waals surface area contributed by atoms with E-state index in [2.05, 4.69) is 10.6 Å². The number of carbonyl (C=O) groups is 3. The fraction of sp³-hybridized carbons (Fsp3) is 0.115. The van der Waals surface area contributed by atoms with Gasteiger partial charge in [-0.1, -0.05) is 36.7 Å². The molecule has 0 saturated carbocycles. The zero-order valence-electron chi connectivity index (χ0n) is 18.8. The van der Waals surface area contributed by atoms with Gasteiger partial charge < -0.3 is 10.6 Å². The van der Waals surface area contributed by atoms with Crippen molar-refractivity contribution in [2.75, 3.05) is 15.5 Å². The Balaban J connectivity index is 1.46. The SMILES string of the molecule is CCc1ccc(N2C(=O)C(Cl)=C(Nc3ccc(C(=O)Nc4cccc(C(F)(F)F)c4)cc3)C2=O)cc1. The molecule has 3 aromatic carbocycles. The number of rotatable bonds is 6. The quantitative estimate of drug-likeness (QED) is 0.399. The van der Waals surface area contributed by atoms with Crippen LogP contribution < -0.4 is 15.5 Å². The molecule has 184 valence electrons. The third-order valence-electron chi connectivity index (χ3n) is 5.49. The van der Waals surface area contributed by atoms with Gasteiger partial charge >= 0.3 is 6.18 Å². The van der Waals surface area contributed by atoms with Crippen LogP contribution in [0.5, 0.6) is 0 Å². The Morgan fingerprint density at radius 3 is 2.19 bits per heavy atom. The molecule has 2 N–H and O–H groups in total. The highest BCUT2D eigenvalue weighted by atomic mass is 35.5. The van der Waals surface area contributed by atoms with Crippen molar-refractivity contribution in [2.45, 2.75) is 19.5 Å². The molecule has 6 nitrogen and oxygen atoms in total. The summed E-state index contributed by atoms with van der Waals surface area (Å²) in [6.45, 7) is 1.99. The van der Waals surface area contributed by atoms with Crippen LogP contribution in [0.25, 0.3) is 0 Å². The summed E-state index contributed by atoms with van der Waals surface area (Å²) in [7, 11) is 0. The van der Waals surface area contributed by atoms with E-state index in [0.29, 0.717) is 11.4 Å². The molecule has 0 atom stereocenters. The molecule has 0 unspecified atom stereocenters. The van der Waals surface area contributed by atoms with Gasteiger partial charge in [0.05, 0.1) is 11.3 Å². The highest BCUT2D eigenvalue weighted by molar-refractivity contribution is 6.53. The Morgan fingerprint density at radius 2 is 1.58 bits per heavy atom. The van der Waals surface area contributed by atoms with Crippen molar-refractivity contribution in [1.29, 1.82) is 0 Å². The second-order valence-corrected chi connectivity index (χ2v) is 8.27. The number of benzene rings is 3. The maximum absolute atomic E-state index is 12.9. The van der Waals surface area contributed by atoms with E-state index in [1.807, 2.05) is 19.1 Å². The normalized spacial score (nSPS) is 13.9. The predicted octanol–water partition coefficient (Wildman–Crippen LogP) is 5.96. The van der Waals surface area contributed by atoms with Crippen LogP contribution in [0, 0.1) is 0 Å². The molecule has 3 aromatic rings. The van der Waals surface area contributed by atoms with E-state index >= 15 is 0 Å². The first-order valence-corrected chi connectivity index (χ1v) is 11.2. The van der Waals surface area contributed by atoms with Crippen molar-refractivity contribution < 1.29 is 27.6 Å². The van der Waals surface area contributed by atoms with Crippen molar-refractivity contribution in [1.82, 2.24) is 0 Å². The molecule has 1 aliphatic heterocycles. The largest absolute Gasteiger partial charge is 0.416 e. The number of aryl methyl sites for hydroxylation is 1. The van der Waals surface area contributed by atoms with Crippen LogP contribution in [0.15, 0.2) is 83.5 Å². The standard InChI is InChI=1S/C26H19ClF3N3O3/c1-2-15-6-12-20(13-7-15)33-24(35)21(27)22(25(33)36)31-18-10-8-16(9-11-18)23(34)32-19-5-3-4-17(14-19)26(28,29)30/h3-14,31H,2H2,1H3,(H,32,34). The lowest BCUT2D eigenvalue weighted by molar-refractivity contribution is -0.137. The Morgan fingerprint density at radius 1 is 0.917 bits per heavy atom. The lowest BCUT2D eigenvalue weighted by Crippen LogP contribution is -2.32. The second kappa shape index (κ2) is 9.87. The van der Waals surface area contributed by atoms with Crippen LogP contribution in [0.4, 0.5) is 30.2 Å². The Bertz CT molecular complexity index is 1370. The van der Waals surface area contributed by atoms with Crippen LogP contribution in [-0.4, -0.2) is 17.7 Å². The minimum Gasteiger partial charge on any atom is -0.350 e. The number of halogens is 4. The van der Waals surface area contributed by atoms with Crippen molar-refractivity contribution in [3.8, 4) is 0 Å². The molecule has 4 rings (SSSR count). The fourth-order valence-corrected chi connectivity index (χ4v) is 3.76. The van der Waals surface area contributed by atoms with E-state index in [1.54, 1.807) is 12.1 Å². The first-order valence-electron chi connectivity index (χ1n) is 10.8. The summed E-state index contributed by atoms with van der Waals surface area (Å²) in [4.78, 5) is 39.0. The van der Waals surface area contributed by atoms with E-state index in [1.165, 1.54) is 36.4 Å². The number of nitrogens with one attached hydrogen (secondary N) is 2. The third-order valence-corrected chi connectivity index (χ3v) is 5.84. The summed E-state index contributed by atoms with van der Waals surface area (Å²) in [5, 5.41) is 4.96.